The molecule has 0 fully saturated rings. The fourth-order valence-corrected chi connectivity index (χ4v) is 100. The fraction of sp³-hybridized carbons (Fsp3) is 0.571. The normalized spacial score (nSPS) is 14.4. The number of hydrogen-bond acceptors (Lipinski definition) is 0. The van der Waals surface area contributed by atoms with Gasteiger partial charge in [0.1, 0.15) is 0 Å². The Morgan fingerprint density at radius 2 is 0.618 bits per heavy atom. The van der Waals surface area contributed by atoms with Crippen LogP contribution in [0.5, 0.6) is 0 Å². The summed E-state index contributed by atoms with van der Waals surface area (Å²) in [7, 11) is -8.32. The van der Waals surface area contributed by atoms with Crippen molar-refractivity contribution in [2.24, 2.45) is 0 Å². The molecule has 0 aliphatic carbocycles. The lowest BCUT2D eigenvalue weighted by atomic mass is 10.4. The molecule has 0 spiro atoms. The molecule has 0 atom stereocenters. The molecule has 0 aromatic heterocycles. The molecule has 6 heteroatoms. The van der Waals surface area contributed by atoms with Crippen molar-refractivity contribution in [2.45, 2.75) is 103 Å². The van der Waals surface area contributed by atoms with Crippen molar-refractivity contribution < 1.29 is 0 Å². The number of unbranched alkanes of at least 4 members (excludes halogenated alkanes) is 1. The molecule has 2 aromatic rings. The van der Waals surface area contributed by atoms with E-state index >= 15 is 0 Å². The average molecular weight is 559 g/mol. The standard InChI is InChI=1S/C28H54Si6/c1-29(2,3)33(30(4,5)6,27-21-15-13-16-22-27)25-19-20-26-34(31(7,8)9,32(10,11)12)28-23-17-14-18-24-28/h13-18,21-24H,19-20,25-26H2,1-12H3. The zero-order valence-corrected chi connectivity index (χ0v) is 30.6. The van der Waals surface area contributed by atoms with Gasteiger partial charge in [-0.15, -0.1) is 0 Å². The third kappa shape index (κ3) is 5.67. The van der Waals surface area contributed by atoms with E-state index in [2.05, 4.69) is 139 Å². The molecule has 0 unspecified atom stereocenters. The van der Waals surface area contributed by atoms with Gasteiger partial charge in [-0.3, -0.25) is 0 Å². The van der Waals surface area contributed by atoms with Gasteiger partial charge in [-0.05, 0) is 0 Å². The summed E-state index contributed by atoms with van der Waals surface area (Å²) < 4.78 is 0. The summed E-state index contributed by atoms with van der Waals surface area (Å²) >= 11 is 0. The SMILES string of the molecule is C[Si](C)(C)[Si](CCCC[Si](c1ccccc1)([Si](C)(C)C)[Si](C)(C)C)(c1ccccc1)[Si](C)(C)C. The van der Waals surface area contributed by atoms with Gasteiger partial charge in [0.25, 0.3) is 0 Å². The molecule has 34 heavy (non-hydrogen) atoms. The van der Waals surface area contributed by atoms with E-state index < -0.39 is 44.6 Å². The quantitative estimate of drug-likeness (QED) is 0.193. The minimum atomic E-state index is -1.53. The van der Waals surface area contributed by atoms with Crippen LogP contribution in [0.4, 0.5) is 0 Å². The highest BCUT2D eigenvalue weighted by Crippen LogP contribution is 2.37. The summed E-state index contributed by atoms with van der Waals surface area (Å²) in [6, 6.07) is 26.9. The molecule has 0 aliphatic rings. The Kier molecular flexibility index (Phi) is 9.36. The Morgan fingerprint density at radius 3 is 0.824 bits per heavy atom. The second-order valence-corrected chi connectivity index (χ2v) is 69.8. The second-order valence-electron chi connectivity index (χ2n) is 14.7. The molecule has 0 nitrogen and oxygen atoms in total. The highest BCUT2D eigenvalue weighted by Gasteiger charge is 2.56. The van der Waals surface area contributed by atoms with Crippen LogP contribution in [0.3, 0.4) is 0 Å². The van der Waals surface area contributed by atoms with Gasteiger partial charge in [-0.2, -0.15) is 0 Å². The highest BCUT2D eigenvalue weighted by atomic mass is 29.6. The van der Waals surface area contributed by atoms with Crippen LogP contribution in [-0.4, -0.2) is 44.6 Å². The van der Waals surface area contributed by atoms with Crippen LogP contribution in [0.25, 0.3) is 0 Å². The lowest BCUT2D eigenvalue weighted by Gasteiger charge is -2.52. The second kappa shape index (κ2) is 10.6. The highest BCUT2D eigenvalue weighted by molar-refractivity contribution is 7.73. The minimum Gasteiger partial charge on any atom is -0.0714 e. The molecule has 0 bridgehead atoms. The van der Waals surface area contributed by atoms with Crippen LogP contribution in [-0.2, 0) is 0 Å². The van der Waals surface area contributed by atoms with Gasteiger partial charge in [0, 0.05) is 30.4 Å². The van der Waals surface area contributed by atoms with Crippen molar-refractivity contribution in [3.05, 3.63) is 60.7 Å². The summed E-state index contributed by atoms with van der Waals surface area (Å²) in [6.45, 7) is 32.5. The smallest absolute Gasteiger partial charge is 0.0714 e. The molecular weight excluding hydrogens is 505 g/mol. The first-order valence-electron chi connectivity index (χ1n) is 13.5. The van der Waals surface area contributed by atoms with Crippen molar-refractivity contribution in [2.75, 3.05) is 0 Å². The van der Waals surface area contributed by atoms with Gasteiger partial charge < -0.3 is 0 Å². The molecule has 0 heterocycles. The number of benzene rings is 2. The first-order chi connectivity index (χ1) is 15.4. The summed E-state index contributed by atoms with van der Waals surface area (Å²) in [4.78, 5) is 0. The predicted octanol–water partition coefficient (Wildman–Crippen LogP) is 8.15. The van der Waals surface area contributed by atoms with E-state index in [4.69, 9.17) is 0 Å². The Morgan fingerprint density at radius 1 is 0.382 bits per heavy atom. The monoisotopic (exact) mass is 558 g/mol. The minimum absolute atomic E-state index is 1.32. The van der Waals surface area contributed by atoms with Crippen LogP contribution < -0.4 is 10.4 Å². The van der Waals surface area contributed by atoms with E-state index in [1.54, 1.807) is 10.4 Å². The van der Waals surface area contributed by atoms with Crippen molar-refractivity contribution in [3.8, 4) is 0 Å². The van der Waals surface area contributed by atoms with Crippen LogP contribution in [0.1, 0.15) is 12.8 Å². The van der Waals surface area contributed by atoms with Crippen molar-refractivity contribution in [1.29, 1.82) is 0 Å². The fourth-order valence-electron chi connectivity index (χ4n) is 8.00. The van der Waals surface area contributed by atoms with Crippen molar-refractivity contribution in [3.63, 3.8) is 0 Å². The molecule has 2 aromatic carbocycles. The summed E-state index contributed by atoms with van der Waals surface area (Å²) in [5, 5.41) is 3.57. The maximum atomic E-state index is 2.71. The van der Waals surface area contributed by atoms with Gasteiger partial charge in [0.05, 0.1) is 14.2 Å². The van der Waals surface area contributed by atoms with E-state index in [0.717, 1.165) is 0 Å². The molecule has 0 aliphatic heterocycles. The summed E-state index contributed by atoms with van der Waals surface area (Å²) in [5.41, 5.74) is 0. The molecule has 0 amide bonds. The molecule has 190 valence electrons. The van der Waals surface area contributed by atoms with Crippen molar-refractivity contribution in [1.82, 2.24) is 0 Å². The third-order valence-corrected chi connectivity index (χ3v) is 88.3. The number of hydrogen-bond donors (Lipinski definition) is 0. The van der Waals surface area contributed by atoms with Crippen LogP contribution in [0, 0.1) is 0 Å². The lowest BCUT2D eigenvalue weighted by molar-refractivity contribution is 0.867. The van der Waals surface area contributed by atoms with Crippen LogP contribution >= 0.6 is 0 Å². The van der Waals surface area contributed by atoms with Crippen LogP contribution in [0.15, 0.2) is 60.7 Å². The topological polar surface area (TPSA) is 0 Å². The average Bonchev–Trinajstić information content (AvgIpc) is 2.68. The lowest BCUT2D eigenvalue weighted by Crippen LogP contribution is -2.78. The van der Waals surface area contributed by atoms with Gasteiger partial charge in [0.2, 0.25) is 0 Å². The molecular formula is C28H54Si6. The maximum absolute atomic E-state index is 2.71. The van der Waals surface area contributed by atoms with E-state index in [0.29, 0.717) is 0 Å². The van der Waals surface area contributed by atoms with Crippen molar-refractivity contribution >= 4 is 55.0 Å². The first kappa shape index (κ1) is 30.0. The molecule has 0 radical (unpaired) electrons. The Balaban J connectivity index is 2.45. The summed E-state index contributed by atoms with van der Waals surface area (Å²) in [5.74, 6) is 0. The van der Waals surface area contributed by atoms with Gasteiger partial charge in [-0.1, -0.05) is 175 Å². The van der Waals surface area contributed by atoms with E-state index in [-0.39, 0.29) is 0 Å². The van der Waals surface area contributed by atoms with E-state index in [1.165, 1.54) is 24.9 Å². The Hall–Kier alpha value is -0.259. The van der Waals surface area contributed by atoms with Gasteiger partial charge in [-0.25, -0.2) is 0 Å². The molecule has 0 saturated carbocycles. The van der Waals surface area contributed by atoms with Gasteiger partial charge >= 0.3 is 0 Å². The molecule has 2 rings (SSSR count). The van der Waals surface area contributed by atoms with E-state index in [1.807, 2.05) is 0 Å². The Bertz CT molecular complexity index is 791. The largest absolute Gasteiger partial charge is 0.0735 e. The number of rotatable bonds is 11. The third-order valence-electron chi connectivity index (χ3n) is 9.01. The molecule has 0 saturated heterocycles. The first-order valence-corrected chi connectivity index (χ1v) is 35.9. The zero-order chi connectivity index (χ0) is 26.1. The van der Waals surface area contributed by atoms with Gasteiger partial charge in [0.15, 0.2) is 0 Å². The summed E-state index contributed by atoms with van der Waals surface area (Å²) in [6.07, 6.45) is 2.90. The Labute approximate surface area is 218 Å². The maximum Gasteiger partial charge on any atom is 0.0735 e. The van der Waals surface area contributed by atoms with E-state index in [9.17, 15) is 0 Å². The predicted molar refractivity (Wildman–Crippen MR) is 176 cm³/mol. The molecule has 0 N–H and O–H groups in total. The zero-order valence-electron chi connectivity index (χ0n) is 24.6. The van der Waals surface area contributed by atoms with Crippen LogP contribution in [0.2, 0.25) is 90.7 Å².